The Morgan fingerprint density at radius 1 is 1.25 bits per heavy atom. The SMILES string of the molecule is Nc1ncnc2c1ncn2[C@@H]1O[C@H](COP(=O)(O)OS(=O)(=O)O)[C@@](O)(P(=O)(O)O)[C@@H]1O.[LiH]. The van der Waals surface area contributed by atoms with E-state index in [1.54, 1.807) is 0 Å². The Morgan fingerprint density at radius 3 is 2.44 bits per heavy atom. The third kappa shape index (κ3) is 5.06. The zero-order valence-corrected chi connectivity index (χ0v) is 17.4. The standard InChI is InChI=1S/C10H15N5O13P2S.Li.H/c11-7-5-8(13-2-12-7)15(3-14-5)9-6(16)10(17,29(18,19)20)4(27-9)1-26-30(21,22)28-31(23,24)25;;/h2-4,6,9,16-17H,1H2,(H,21,22)(H2,11,12,13)(H2,18,19,20)(H,23,24,25);;/t4-,6-,9-,10-;;/m1../s1. The third-order valence-corrected chi connectivity index (χ3v) is 7.66. The molecule has 0 aromatic carbocycles. The normalized spacial score (nSPS) is 28.4. The molecule has 1 aliphatic heterocycles. The van der Waals surface area contributed by atoms with Gasteiger partial charge in [-0.2, -0.15) is 8.42 Å². The number of imidazole rings is 1. The van der Waals surface area contributed by atoms with Crippen molar-refractivity contribution >= 4 is 61.7 Å². The van der Waals surface area contributed by atoms with E-state index in [9.17, 15) is 42.4 Å². The van der Waals surface area contributed by atoms with E-state index in [2.05, 4.69) is 23.4 Å². The molecule has 0 aliphatic carbocycles. The Hall–Kier alpha value is -1.00. The van der Waals surface area contributed by atoms with Crippen molar-refractivity contribution in [3.8, 4) is 0 Å². The summed E-state index contributed by atoms with van der Waals surface area (Å²) in [7, 11) is -16.6. The van der Waals surface area contributed by atoms with Crippen molar-refractivity contribution < 1.29 is 60.2 Å². The van der Waals surface area contributed by atoms with Gasteiger partial charge in [-0.3, -0.25) is 18.2 Å². The van der Waals surface area contributed by atoms with E-state index in [0.717, 1.165) is 17.2 Å². The Morgan fingerprint density at radius 2 is 1.88 bits per heavy atom. The Bertz CT molecular complexity index is 1200. The van der Waals surface area contributed by atoms with Crippen LogP contribution in [0.3, 0.4) is 0 Å². The fourth-order valence-corrected chi connectivity index (χ4v) is 5.27. The van der Waals surface area contributed by atoms with Gasteiger partial charge < -0.3 is 35.4 Å². The molecule has 0 amide bonds. The number of aromatic nitrogens is 4. The molecule has 1 aliphatic rings. The van der Waals surface area contributed by atoms with Crippen LogP contribution in [0, 0.1) is 0 Å². The molecule has 32 heavy (non-hydrogen) atoms. The Labute approximate surface area is 190 Å². The van der Waals surface area contributed by atoms with Gasteiger partial charge in [-0.25, -0.2) is 19.5 Å². The topological polar surface area (TPSA) is 287 Å². The maximum atomic E-state index is 11.9. The Balaban J connectivity index is 0.00000363. The summed E-state index contributed by atoms with van der Waals surface area (Å²) in [5, 5.41) is 17.7. The fourth-order valence-electron chi connectivity index (χ4n) is 2.84. The van der Waals surface area contributed by atoms with Crippen molar-refractivity contribution in [2.45, 2.75) is 23.8 Å². The second-order valence-electron chi connectivity index (χ2n) is 6.14. The summed E-state index contributed by atoms with van der Waals surface area (Å²) in [6, 6.07) is 0. The maximum absolute atomic E-state index is 11.9. The average molecular weight is 515 g/mol. The van der Waals surface area contributed by atoms with Crippen LogP contribution in [0.4, 0.5) is 5.82 Å². The van der Waals surface area contributed by atoms with Gasteiger partial charge in [0.1, 0.15) is 24.1 Å². The van der Waals surface area contributed by atoms with E-state index in [0.29, 0.717) is 0 Å². The first kappa shape index (κ1) is 27.2. The number of aliphatic hydroxyl groups excluding tert-OH is 1. The summed E-state index contributed by atoms with van der Waals surface area (Å²) in [5.74, 6) is -0.0787. The van der Waals surface area contributed by atoms with E-state index in [-0.39, 0.29) is 35.8 Å². The van der Waals surface area contributed by atoms with Gasteiger partial charge in [-0.1, -0.05) is 0 Å². The third-order valence-electron chi connectivity index (χ3n) is 4.19. The minimum atomic E-state index is -5.64. The van der Waals surface area contributed by atoms with Gasteiger partial charge in [0.25, 0.3) is 0 Å². The van der Waals surface area contributed by atoms with E-state index >= 15 is 0 Å². The molecular formula is C10H16LiN5O13P2S. The van der Waals surface area contributed by atoms with Crippen molar-refractivity contribution in [1.29, 1.82) is 0 Å². The van der Waals surface area contributed by atoms with Crippen molar-refractivity contribution in [2.75, 3.05) is 12.3 Å². The van der Waals surface area contributed by atoms with Gasteiger partial charge in [0.05, 0.1) is 12.9 Å². The molecule has 8 N–H and O–H groups in total. The molecule has 1 fully saturated rings. The van der Waals surface area contributed by atoms with Crippen LogP contribution in [-0.4, -0.2) is 100 Å². The van der Waals surface area contributed by atoms with Crippen LogP contribution >= 0.6 is 15.4 Å². The second kappa shape index (κ2) is 8.98. The molecule has 22 heteroatoms. The number of ether oxygens (including phenoxy) is 1. The van der Waals surface area contributed by atoms with Crippen LogP contribution in [0.2, 0.25) is 0 Å². The van der Waals surface area contributed by atoms with Gasteiger partial charge in [0.2, 0.25) is 5.34 Å². The molecule has 5 atom stereocenters. The summed E-state index contributed by atoms with van der Waals surface area (Å²) in [6.07, 6.45) is -4.34. The number of nitrogen functional groups attached to an aromatic ring is 1. The van der Waals surface area contributed by atoms with E-state index < -0.39 is 56.2 Å². The number of hydrogen-bond donors (Lipinski definition) is 7. The number of phosphoric ester groups is 1. The summed E-state index contributed by atoms with van der Waals surface area (Å²) < 4.78 is 67.0. The van der Waals surface area contributed by atoms with Gasteiger partial charge >= 0.3 is 44.7 Å². The Kier molecular flexibility index (Phi) is 7.65. The zero-order chi connectivity index (χ0) is 23.4. The van der Waals surface area contributed by atoms with E-state index in [4.69, 9.17) is 15.0 Å². The minimum absolute atomic E-state index is 0. The number of fused-ring (bicyclic) bond motifs is 1. The molecule has 1 unspecified atom stereocenters. The van der Waals surface area contributed by atoms with Crippen LogP contribution in [0.1, 0.15) is 6.23 Å². The number of hydrogen-bond acceptors (Lipinski definition) is 13. The molecule has 3 rings (SSSR count). The fraction of sp³-hybridized carbons (Fsp3) is 0.500. The summed E-state index contributed by atoms with van der Waals surface area (Å²) in [6.45, 7) is -1.37. The first-order valence-electron chi connectivity index (χ1n) is 7.77. The number of nitrogens with zero attached hydrogens (tertiary/aromatic N) is 4. The first-order valence-corrected chi connectivity index (χ1v) is 12.2. The number of phosphoric acid groups is 1. The van der Waals surface area contributed by atoms with Crippen molar-refractivity contribution in [2.24, 2.45) is 0 Å². The zero-order valence-electron chi connectivity index (χ0n) is 14.8. The summed E-state index contributed by atoms with van der Waals surface area (Å²) >= 11 is 0. The molecule has 1 saturated heterocycles. The number of anilines is 1. The molecule has 0 spiro atoms. The predicted molar refractivity (Wildman–Crippen MR) is 102 cm³/mol. The van der Waals surface area contributed by atoms with Gasteiger partial charge in [-0.15, -0.1) is 3.97 Å². The molecule has 18 nitrogen and oxygen atoms in total. The molecule has 2 aromatic rings. The number of rotatable bonds is 7. The van der Waals surface area contributed by atoms with E-state index in [1.807, 2.05) is 0 Å². The number of aliphatic hydroxyl groups is 2. The van der Waals surface area contributed by atoms with Crippen LogP contribution in [0.5, 0.6) is 0 Å². The van der Waals surface area contributed by atoms with Crippen LogP contribution in [-0.2, 0) is 32.8 Å². The van der Waals surface area contributed by atoms with Crippen molar-refractivity contribution in [3.05, 3.63) is 12.7 Å². The molecule has 3 heterocycles. The second-order valence-corrected chi connectivity index (χ2v) is 10.6. The van der Waals surface area contributed by atoms with Crippen molar-refractivity contribution in [1.82, 2.24) is 19.5 Å². The van der Waals surface area contributed by atoms with Gasteiger partial charge in [0, 0.05) is 0 Å². The monoisotopic (exact) mass is 515 g/mol. The molecule has 0 radical (unpaired) electrons. The van der Waals surface area contributed by atoms with Crippen molar-refractivity contribution in [3.63, 3.8) is 0 Å². The molecule has 2 aromatic heterocycles. The predicted octanol–water partition coefficient (Wildman–Crippen LogP) is -3.18. The average Bonchev–Trinajstić information content (AvgIpc) is 3.13. The van der Waals surface area contributed by atoms with Gasteiger partial charge in [0.15, 0.2) is 17.7 Å². The van der Waals surface area contributed by atoms with E-state index in [1.165, 1.54) is 0 Å². The summed E-state index contributed by atoms with van der Waals surface area (Å²) in [4.78, 5) is 39.9. The van der Waals surface area contributed by atoms with Crippen LogP contribution < -0.4 is 5.73 Å². The van der Waals surface area contributed by atoms with Gasteiger partial charge in [-0.05, 0) is 0 Å². The molecule has 0 saturated carbocycles. The summed E-state index contributed by atoms with van der Waals surface area (Å²) in [5.41, 5.74) is 5.60. The molecule has 176 valence electrons. The quantitative estimate of drug-likeness (QED) is 0.109. The first-order chi connectivity index (χ1) is 14.1. The van der Waals surface area contributed by atoms with Crippen LogP contribution in [0.15, 0.2) is 12.7 Å². The molecular weight excluding hydrogens is 499 g/mol. The van der Waals surface area contributed by atoms with Crippen LogP contribution in [0.25, 0.3) is 11.2 Å². The molecule has 0 bridgehead atoms. The number of nitrogens with two attached hydrogens (primary N) is 1.